The number of sulfonamides is 1. The maximum atomic E-state index is 11.7. The van der Waals surface area contributed by atoms with Gasteiger partial charge in [0.05, 0.1) is 12.2 Å². The van der Waals surface area contributed by atoms with Gasteiger partial charge in [-0.05, 0) is 37.1 Å². The van der Waals surface area contributed by atoms with Crippen molar-refractivity contribution in [3.8, 4) is 11.4 Å². The summed E-state index contributed by atoms with van der Waals surface area (Å²) in [6, 6.07) is 7.17. The number of nitrogens with zero attached hydrogens (tertiary/aromatic N) is 3. The van der Waals surface area contributed by atoms with E-state index in [4.69, 9.17) is 16.1 Å². The van der Waals surface area contributed by atoms with Crippen LogP contribution in [0.3, 0.4) is 0 Å². The molecule has 0 unspecified atom stereocenters. The summed E-state index contributed by atoms with van der Waals surface area (Å²) in [4.78, 5) is 4.41. The van der Waals surface area contributed by atoms with Crippen molar-refractivity contribution in [1.82, 2.24) is 14.4 Å². The van der Waals surface area contributed by atoms with Crippen LogP contribution in [0.25, 0.3) is 11.4 Å². The third kappa shape index (κ3) is 3.31. The van der Waals surface area contributed by atoms with Crippen LogP contribution in [-0.4, -0.2) is 42.2 Å². The molecular weight excluding hydrogens is 326 g/mol. The van der Waals surface area contributed by atoms with Crippen LogP contribution >= 0.6 is 11.6 Å². The minimum atomic E-state index is -3.19. The van der Waals surface area contributed by atoms with Crippen LogP contribution in [-0.2, 0) is 10.0 Å². The van der Waals surface area contributed by atoms with E-state index >= 15 is 0 Å². The average Bonchev–Trinajstić information content (AvgIpc) is 2.97. The van der Waals surface area contributed by atoms with Crippen LogP contribution in [0.15, 0.2) is 28.8 Å². The summed E-state index contributed by atoms with van der Waals surface area (Å²) in [5.41, 5.74) is 0.815. The van der Waals surface area contributed by atoms with Gasteiger partial charge < -0.3 is 4.52 Å². The van der Waals surface area contributed by atoms with Crippen LogP contribution in [0.2, 0.25) is 5.02 Å². The van der Waals surface area contributed by atoms with Gasteiger partial charge in [-0.15, -0.1) is 0 Å². The summed E-state index contributed by atoms with van der Waals surface area (Å²) >= 11 is 5.86. The van der Waals surface area contributed by atoms with Gasteiger partial charge in [0.25, 0.3) is 0 Å². The van der Waals surface area contributed by atoms with E-state index in [1.54, 1.807) is 12.1 Å². The smallest absolute Gasteiger partial charge is 0.231 e. The number of rotatable bonds is 3. The summed E-state index contributed by atoms with van der Waals surface area (Å²) in [6.45, 7) is 0.939. The van der Waals surface area contributed by atoms with Gasteiger partial charge in [0.15, 0.2) is 0 Å². The van der Waals surface area contributed by atoms with Crippen molar-refractivity contribution in [1.29, 1.82) is 0 Å². The molecule has 6 nitrogen and oxygen atoms in total. The molecule has 0 spiro atoms. The monoisotopic (exact) mass is 341 g/mol. The molecular formula is C14H16ClN3O3S. The van der Waals surface area contributed by atoms with Crippen molar-refractivity contribution in [3.05, 3.63) is 35.2 Å². The number of aromatic nitrogens is 2. The van der Waals surface area contributed by atoms with Crippen molar-refractivity contribution in [2.24, 2.45) is 0 Å². The van der Waals surface area contributed by atoms with Gasteiger partial charge in [-0.2, -0.15) is 4.98 Å². The first-order chi connectivity index (χ1) is 10.4. The normalized spacial score (nSPS) is 20.2. The summed E-state index contributed by atoms with van der Waals surface area (Å²) in [5.74, 6) is 0.915. The van der Waals surface area contributed by atoms with E-state index in [-0.39, 0.29) is 5.92 Å². The Labute approximate surface area is 134 Å². The molecule has 0 amide bonds. The standard InChI is InChI=1S/C14H16ClN3O3S/c1-22(19,20)18-8-2-3-11(9-18)14-16-13(17-21-14)10-4-6-12(15)7-5-10/h4-7,11H,2-3,8-9H2,1H3/t11-/m0/s1. The first-order valence-electron chi connectivity index (χ1n) is 6.98. The number of benzene rings is 1. The number of hydrogen-bond acceptors (Lipinski definition) is 5. The minimum absolute atomic E-state index is 0.0583. The molecule has 1 aromatic heterocycles. The molecule has 3 rings (SSSR count). The van der Waals surface area contributed by atoms with Crippen molar-refractivity contribution in [2.45, 2.75) is 18.8 Å². The van der Waals surface area contributed by atoms with Gasteiger partial charge in [0, 0.05) is 23.7 Å². The second-order valence-electron chi connectivity index (χ2n) is 5.42. The van der Waals surface area contributed by atoms with E-state index in [2.05, 4.69) is 10.1 Å². The third-order valence-electron chi connectivity index (χ3n) is 3.75. The van der Waals surface area contributed by atoms with Crippen molar-refractivity contribution < 1.29 is 12.9 Å². The fourth-order valence-corrected chi connectivity index (χ4v) is 3.60. The molecule has 1 aliphatic heterocycles. The lowest BCUT2D eigenvalue weighted by Crippen LogP contribution is -2.38. The zero-order valence-electron chi connectivity index (χ0n) is 12.1. The predicted molar refractivity (Wildman–Crippen MR) is 83.1 cm³/mol. The van der Waals surface area contributed by atoms with Crippen molar-refractivity contribution in [3.63, 3.8) is 0 Å². The maximum Gasteiger partial charge on any atom is 0.231 e. The first kappa shape index (κ1) is 15.5. The van der Waals surface area contributed by atoms with Gasteiger partial charge in [-0.25, -0.2) is 12.7 Å². The Morgan fingerprint density at radius 3 is 2.73 bits per heavy atom. The molecule has 0 saturated carbocycles. The Morgan fingerprint density at radius 2 is 2.05 bits per heavy atom. The number of halogens is 1. The number of piperidine rings is 1. The third-order valence-corrected chi connectivity index (χ3v) is 5.27. The molecule has 22 heavy (non-hydrogen) atoms. The van der Waals surface area contributed by atoms with Gasteiger partial charge in [0.1, 0.15) is 0 Å². The van der Waals surface area contributed by atoms with Gasteiger partial charge in [0.2, 0.25) is 21.7 Å². The topological polar surface area (TPSA) is 76.3 Å². The summed E-state index contributed by atoms with van der Waals surface area (Å²) in [6.07, 6.45) is 2.85. The predicted octanol–water partition coefficient (Wildman–Crippen LogP) is 2.53. The number of hydrogen-bond donors (Lipinski definition) is 0. The van der Waals surface area contributed by atoms with E-state index in [1.807, 2.05) is 12.1 Å². The molecule has 118 valence electrons. The zero-order valence-corrected chi connectivity index (χ0v) is 13.6. The maximum absolute atomic E-state index is 11.7. The van der Waals surface area contributed by atoms with E-state index in [0.717, 1.165) is 18.4 Å². The quantitative estimate of drug-likeness (QED) is 0.857. The van der Waals surface area contributed by atoms with Crippen LogP contribution < -0.4 is 0 Å². The highest BCUT2D eigenvalue weighted by Crippen LogP contribution is 2.28. The molecule has 8 heteroatoms. The fourth-order valence-electron chi connectivity index (χ4n) is 2.56. The van der Waals surface area contributed by atoms with Gasteiger partial charge in [-0.1, -0.05) is 16.8 Å². The Balaban J connectivity index is 1.80. The Morgan fingerprint density at radius 1 is 1.32 bits per heavy atom. The van der Waals surface area contributed by atoms with Crippen molar-refractivity contribution in [2.75, 3.05) is 19.3 Å². The van der Waals surface area contributed by atoms with Gasteiger partial charge in [-0.3, -0.25) is 0 Å². The summed E-state index contributed by atoms with van der Waals surface area (Å²) < 4.78 is 30.1. The molecule has 0 aliphatic carbocycles. The van der Waals surface area contributed by atoms with E-state index in [1.165, 1.54) is 10.6 Å². The molecule has 2 heterocycles. The highest BCUT2D eigenvalue weighted by atomic mass is 35.5. The Kier molecular flexibility index (Phi) is 4.20. The molecule has 1 aliphatic rings. The lowest BCUT2D eigenvalue weighted by molar-refractivity contribution is 0.266. The van der Waals surface area contributed by atoms with E-state index in [9.17, 15) is 8.42 Å². The van der Waals surface area contributed by atoms with Crippen LogP contribution in [0.1, 0.15) is 24.7 Å². The van der Waals surface area contributed by atoms with Crippen molar-refractivity contribution >= 4 is 21.6 Å². The SMILES string of the molecule is CS(=O)(=O)N1CCC[C@H](c2nc(-c3ccc(Cl)cc3)no2)C1. The lowest BCUT2D eigenvalue weighted by Gasteiger charge is -2.28. The van der Waals surface area contributed by atoms with Gasteiger partial charge >= 0.3 is 0 Å². The molecule has 0 bridgehead atoms. The van der Waals surface area contributed by atoms with E-state index in [0.29, 0.717) is 29.8 Å². The lowest BCUT2D eigenvalue weighted by atomic mass is 10.00. The molecule has 0 N–H and O–H groups in total. The Hall–Kier alpha value is -1.44. The van der Waals surface area contributed by atoms with Crippen LogP contribution in [0.4, 0.5) is 0 Å². The highest BCUT2D eigenvalue weighted by molar-refractivity contribution is 7.88. The molecule has 1 aromatic carbocycles. The van der Waals surface area contributed by atoms with Crippen LogP contribution in [0.5, 0.6) is 0 Å². The van der Waals surface area contributed by atoms with Crippen LogP contribution in [0, 0.1) is 0 Å². The first-order valence-corrected chi connectivity index (χ1v) is 9.21. The second-order valence-corrected chi connectivity index (χ2v) is 7.84. The fraction of sp³-hybridized carbons (Fsp3) is 0.429. The minimum Gasteiger partial charge on any atom is -0.339 e. The summed E-state index contributed by atoms with van der Waals surface area (Å²) in [5, 5.41) is 4.62. The average molecular weight is 342 g/mol. The molecule has 1 atom stereocenters. The molecule has 0 radical (unpaired) electrons. The second kappa shape index (κ2) is 5.98. The highest BCUT2D eigenvalue weighted by Gasteiger charge is 2.30. The van der Waals surface area contributed by atoms with E-state index < -0.39 is 10.0 Å². The molecule has 2 aromatic rings. The largest absolute Gasteiger partial charge is 0.339 e. The molecule has 1 fully saturated rings. The zero-order chi connectivity index (χ0) is 15.7. The summed E-state index contributed by atoms with van der Waals surface area (Å²) in [7, 11) is -3.19. The molecule has 1 saturated heterocycles. The Bertz CT molecular complexity index is 758.